The highest BCUT2D eigenvalue weighted by Gasteiger charge is 2.33. The van der Waals surface area contributed by atoms with Gasteiger partial charge in [0.15, 0.2) is 6.61 Å². The number of carbonyl (C=O) groups excluding carboxylic acids is 3. The van der Waals surface area contributed by atoms with Crippen molar-refractivity contribution in [1.29, 1.82) is 0 Å². The maximum absolute atomic E-state index is 12.8. The monoisotopic (exact) mass is 472 g/mol. The Morgan fingerprint density at radius 1 is 1.17 bits per heavy atom. The van der Waals surface area contributed by atoms with E-state index < -0.39 is 17.9 Å². The van der Waals surface area contributed by atoms with Crippen LogP contribution >= 0.6 is 15.9 Å². The van der Waals surface area contributed by atoms with Crippen LogP contribution in [0.25, 0.3) is 6.08 Å². The van der Waals surface area contributed by atoms with E-state index in [1.807, 2.05) is 31.2 Å². The van der Waals surface area contributed by atoms with Gasteiger partial charge in [-0.3, -0.25) is 9.69 Å². The Kier molecular flexibility index (Phi) is 6.89. The standard InChI is InChI=1S/C22H21BrN2O5/c1-3-29-20(26)13-30-19-9-8-17(23)10-16(19)11-18-21(27)25(22(28)24-18)12-15-6-4-14(2)5-7-15/h4-11H,3,12-13H2,1-2H3,(H,24,28)/b18-11+. The van der Waals surface area contributed by atoms with Crippen molar-refractivity contribution >= 4 is 39.9 Å². The van der Waals surface area contributed by atoms with E-state index in [1.165, 1.54) is 6.08 Å². The van der Waals surface area contributed by atoms with Crippen molar-refractivity contribution in [2.24, 2.45) is 0 Å². The lowest BCUT2D eigenvalue weighted by Crippen LogP contribution is -2.30. The van der Waals surface area contributed by atoms with Crippen LogP contribution in [0.1, 0.15) is 23.6 Å². The van der Waals surface area contributed by atoms with E-state index in [1.54, 1.807) is 25.1 Å². The fourth-order valence-corrected chi connectivity index (χ4v) is 3.23. The SMILES string of the molecule is CCOC(=O)COc1ccc(Br)cc1/C=C1/NC(=O)N(Cc2ccc(C)cc2)C1=O. The molecule has 0 atom stereocenters. The van der Waals surface area contributed by atoms with Gasteiger partial charge in [0.25, 0.3) is 5.91 Å². The first-order valence-corrected chi connectivity index (χ1v) is 10.1. The van der Waals surface area contributed by atoms with Crippen LogP contribution in [0.4, 0.5) is 4.79 Å². The molecule has 7 nitrogen and oxygen atoms in total. The van der Waals surface area contributed by atoms with Crippen LogP contribution in [0, 0.1) is 6.92 Å². The van der Waals surface area contributed by atoms with Gasteiger partial charge in [-0.15, -0.1) is 0 Å². The number of urea groups is 1. The zero-order valence-electron chi connectivity index (χ0n) is 16.6. The summed E-state index contributed by atoms with van der Waals surface area (Å²) in [5, 5.41) is 2.60. The maximum atomic E-state index is 12.8. The van der Waals surface area contributed by atoms with E-state index in [0.717, 1.165) is 20.5 Å². The molecular formula is C22H21BrN2O5. The average molecular weight is 473 g/mol. The maximum Gasteiger partial charge on any atom is 0.344 e. The van der Waals surface area contributed by atoms with E-state index in [9.17, 15) is 14.4 Å². The number of hydrogen-bond donors (Lipinski definition) is 1. The Morgan fingerprint density at radius 3 is 2.60 bits per heavy atom. The minimum Gasteiger partial charge on any atom is -0.481 e. The lowest BCUT2D eigenvalue weighted by Gasteiger charge is -2.12. The van der Waals surface area contributed by atoms with Crippen LogP contribution in [0.5, 0.6) is 5.75 Å². The third-order valence-electron chi connectivity index (χ3n) is 4.35. The number of carbonyl (C=O) groups is 3. The molecule has 0 aromatic heterocycles. The van der Waals surface area contributed by atoms with Gasteiger partial charge in [0, 0.05) is 10.0 Å². The van der Waals surface area contributed by atoms with Crippen molar-refractivity contribution in [2.75, 3.05) is 13.2 Å². The highest BCUT2D eigenvalue weighted by molar-refractivity contribution is 9.10. The van der Waals surface area contributed by atoms with Gasteiger partial charge < -0.3 is 14.8 Å². The molecule has 0 bridgehead atoms. The molecule has 0 unspecified atom stereocenters. The van der Waals surface area contributed by atoms with E-state index >= 15 is 0 Å². The van der Waals surface area contributed by atoms with E-state index in [-0.39, 0.29) is 25.5 Å². The molecule has 156 valence electrons. The third kappa shape index (κ3) is 5.27. The zero-order valence-corrected chi connectivity index (χ0v) is 18.2. The molecule has 3 rings (SSSR count). The number of rotatable bonds is 7. The quantitative estimate of drug-likeness (QED) is 0.376. The van der Waals surface area contributed by atoms with Gasteiger partial charge in [-0.25, -0.2) is 9.59 Å². The Morgan fingerprint density at radius 2 is 1.90 bits per heavy atom. The van der Waals surface area contributed by atoms with Crippen molar-refractivity contribution in [3.05, 3.63) is 69.3 Å². The van der Waals surface area contributed by atoms with Gasteiger partial charge in [-0.1, -0.05) is 45.8 Å². The summed E-state index contributed by atoms with van der Waals surface area (Å²) in [5.74, 6) is -0.539. The summed E-state index contributed by atoms with van der Waals surface area (Å²) < 4.78 is 11.2. The molecule has 1 heterocycles. The van der Waals surface area contributed by atoms with E-state index in [2.05, 4.69) is 21.2 Å². The second-order valence-corrected chi connectivity index (χ2v) is 7.56. The van der Waals surface area contributed by atoms with Crippen molar-refractivity contribution in [3.63, 3.8) is 0 Å². The second-order valence-electron chi connectivity index (χ2n) is 6.64. The summed E-state index contributed by atoms with van der Waals surface area (Å²) in [6.07, 6.45) is 1.53. The number of halogens is 1. The molecule has 1 fully saturated rings. The minimum atomic E-state index is -0.492. The lowest BCUT2D eigenvalue weighted by molar-refractivity contribution is -0.145. The fourth-order valence-electron chi connectivity index (χ4n) is 2.85. The minimum absolute atomic E-state index is 0.131. The van der Waals surface area contributed by atoms with Crippen molar-refractivity contribution in [1.82, 2.24) is 10.2 Å². The van der Waals surface area contributed by atoms with Gasteiger partial charge in [-0.2, -0.15) is 0 Å². The number of aryl methyl sites for hydroxylation is 1. The largest absolute Gasteiger partial charge is 0.481 e. The fraction of sp³-hybridized carbons (Fsp3) is 0.227. The summed E-state index contributed by atoms with van der Waals surface area (Å²) >= 11 is 3.38. The van der Waals surface area contributed by atoms with Crippen LogP contribution in [0.2, 0.25) is 0 Å². The normalized spacial score (nSPS) is 14.8. The summed E-state index contributed by atoms with van der Waals surface area (Å²) in [6.45, 7) is 3.86. The molecule has 0 aliphatic carbocycles. The van der Waals surface area contributed by atoms with Crippen LogP contribution in [-0.2, 0) is 20.9 Å². The predicted molar refractivity (Wildman–Crippen MR) is 115 cm³/mol. The van der Waals surface area contributed by atoms with Crippen molar-refractivity contribution in [2.45, 2.75) is 20.4 Å². The summed E-state index contributed by atoms with van der Waals surface area (Å²) in [5.41, 5.74) is 2.62. The second kappa shape index (κ2) is 9.58. The average Bonchev–Trinajstić information content (AvgIpc) is 2.96. The molecule has 1 saturated heterocycles. The van der Waals surface area contributed by atoms with Gasteiger partial charge in [0.2, 0.25) is 0 Å². The number of amides is 3. The van der Waals surface area contributed by atoms with Gasteiger partial charge >= 0.3 is 12.0 Å². The first kappa shape index (κ1) is 21.6. The van der Waals surface area contributed by atoms with Gasteiger partial charge in [-0.05, 0) is 43.7 Å². The smallest absolute Gasteiger partial charge is 0.344 e. The molecule has 1 aliphatic heterocycles. The molecule has 0 radical (unpaired) electrons. The molecule has 30 heavy (non-hydrogen) atoms. The van der Waals surface area contributed by atoms with Crippen molar-refractivity contribution < 1.29 is 23.9 Å². The number of esters is 1. The number of benzene rings is 2. The Hall–Kier alpha value is -3.13. The Labute approximate surface area is 182 Å². The van der Waals surface area contributed by atoms with Crippen LogP contribution in [0.3, 0.4) is 0 Å². The lowest BCUT2D eigenvalue weighted by atomic mass is 10.1. The molecule has 2 aromatic carbocycles. The van der Waals surface area contributed by atoms with Gasteiger partial charge in [0.05, 0.1) is 13.2 Å². The molecule has 3 amide bonds. The summed E-state index contributed by atoms with van der Waals surface area (Å²) in [4.78, 5) is 37.9. The molecule has 1 aliphatic rings. The van der Waals surface area contributed by atoms with Crippen LogP contribution < -0.4 is 10.1 Å². The van der Waals surface area contributed by atoms with E-state index in [4.69, 9.17) is 9.47 Å². The van der Waals surface area contributed by atoms with Crippen LogP contribution in [-0.4, -0.2) is 36.0 Å². The first-order chi connectivity index (χ1) is 14.4. The zero-order chi connectivity index (χ0) is 21.7. The predicted octanol–water partition coefficient (Wildman–Crippen LogP) is 3.79. The highest BCUT2D eigenvalue weighted by atomic mass is 79.9. The van der Waals surface area contributed by atoms with Crippen molar-refractivity contribution in [3.8, 4) is 5.75 Å². The molecular weight excluding hydrogens is 452 g/mol. The number of nitrogens with one attached hydrogen (secondary N) is 1. The number of ether oxygens (including phenoxy) is 2. The Balaban J connectivity index is 1.80. The highest BCUT2D eigenvalue weighted by Crippen LogP contribution is 2.27. The third-order valence-corrected chi connectivity index (χ3v) is 4.84. The molecule has 2 aromatic rings. The summed E-state index contributed by atoms with van der Waals surface area (Å²) in [7, 11) is 0. The number of imide groups is 1. The topological polar surface area (TPSA) is 84.9 Å². The summed E-state index contributed by atoms with van der Waals surface area (Å²) in [6, 6.07) is 12.3. The number of hydrogen-bond acceptors (Lipinski definition) is 5. The molecule has 8 heteroatoms. The Bertz CT molecular complexity index is 1000. The molecule has 0 saturated carbocycles. The van der Waals surface area contributed by atoms with Gasteiger partial charge in [0.1, 0.15) is 11.4 Å². The molecule has 0 spiro atoms. The van der Waals surface area contributed by atoms with E-state index in [0.29, 0.717) is 11.3 Å². The first-order valence-electron chi connectivity index (χ1n) is 9.35. The number of nitrogens with zero attached hydrogens (tertiary/aromatic N) is 1. The molecule has 1 N–H and O–H groups in total. The van der Waals surface area contributed by atoms with Crippen LogP contribution in [0.15, 0.2) is 52.6 Å².